The molecule has 5 nitrogen and oxygen atoms in total. The molecule has 3 N–H and O–H groups in total. The van der Waals surface area contributed by atoms with E-state index in [1.165, 1.54) is 36.5 Å². The summed E-state index contributed by atoms with van der Waals surface area (Å²) in [6, 6.07) is 15.0. The van der Waals surface area contributed by atoms with E-state index in [2.05, 4.69) is 68.0 Å². The number of hydrogen-bond acceptors (Lipinski definition) is 4. The first kappa shape index (κ1) is 24.1. The average molecular weight is 528 g/mol. The summed E-state index contributed by atoms with van der Waals surface area (Å²) in [6.45, 7) is 8.56. The fourth-order valence-electron chi connectivity index (χ4n) is 3.48. The second-order valence-electron chi connectivity index (χ2n) is 7.33. The van der Waals surface area contributed by atoms with Crippen LogP contribution in [0.15, 0.2) is 52.8 Å². The third-order valence-electron chi connectivity index (χ3n) is 5.14. The van der Waals surface area contributed by atoms with E-state index in [-0.39, 0.29) is 24.0 Å². The van der Waals surface area contributed by atoms with Gasteiger partial charge in [-0.2, -0.15) is 0 Å². The molecule has 0 aliphatic carbocycles. The molecule has 1 aliphatic rings. The molecule has 1 saturated heterocycles. The largest absolute Gasteiger partial charge is 0.370 e. The van der Waals surface area contributed by atoms with Crippen LogP contribution >= 0.6 is 35.3 Å². The maximum Gasteiger partial charge on any atom is 0.188 e. The van der Waals surface area contributed by atoms with Gasteiger partial charge in [-0.25, -0.2) is 0 Å². The standard InChI is InChI=1S/C22H33N5S.HI/c23-22(25-12-10-21-9-6-18-28-21)24-11-4-5-13-26-14-16-27(17-15-26)19-20-7-2-1-3-8-20;/h1-3,6-9,18H,4-5,10-17,19H2,(H3,23,24,25);1H. The van der Waals surface area contributed by atoms with Crippen LogP contribution in [-0.4, -0.2) is 61.6 Å². The van der Waals surface area contributed by atoms with Crippen LogP contribution in [0, 0.1) is 0 Å². The number of benzene rings is 1. The number of unbranched alkanes of at least 4 members (excludes halogenated alkanes) is 1. The molecule has 2 heterocycles. The predicted octanol–water partition coefficient (Wildman–Crippen LogP) is 3.41. The number of nitrogens with one attached hydrogen (secondary N) is 1. The molecule has 1 fully saturated rings. The lowest BCUT2D eigenvalue weighted by Gasteiger charge is -2.34. The van der Waals surface area contributed by atoms with Crippen LogP contribution in [0.25, 0.3) is 0 Å². The molecule has 29 heavy (non-hydrogen) atoms. The van der Waals surface area contributed by atoms with E-state index in [4.69, 9.17) is 5.73 Å². The molecule has 0 bridgehead atoms. The van der Waals surface area contributed by atoms with Gasteiger partial charge in [-0.15, -0.1) is 35.3 Å². The van der Waals surface area contributed by atoms with Crippen LogP contribution < -0.4 is 11.1 Å². The highest BCUT2D eigenvalue weighted by atomic mass is 127. The molecule has 0 saturated carbocycles. The van der Waals surface area contributed by atoms with Crippen LogP contribution in [0.2, 0.25) is 0 Å². The number of thiophene rings is 1. The van der Waals surface area contributed by atoms with Crippen LogP contribution in [0.5, 0.6) is 0 Å². The lowest BCUT2D eigenvalue weighted by atomic mass is 10.2. The number of nitrogens with zero attached hydrogens (tertiary/aromatic N) is 3. The van der Waals surface area contributed by atoms with Crippen LogP contribution in [-0.2, 0) is 13.0 Å². The van der Waals surface area contributed by atoms with E-state index in [1.54, 1.807) is 11.3 Å². The monoisotopic (exact) mass is 527 g/mol. The minimum atomic E-state index is 0. The maximum absolute atomic E-state index is 5.94. The predicted molar refractivity (Wildman–Crippen MR) is 135 cm³/mol. The second kappa shape index (κ2) is 14.0. The minimum Gasteiger partial charge on any atom is -0.370 e. The zero-order valence-electron chi connectivity index (χ0n) is 17.1. The van der Waals surface area contributed by atoms with E-state index in [9.17, 15) is 0 Å². The third-order valence-corrected chi connectivity index (χ3v) is 6.07. The van der Waals surface area contributed by atoms with E-state index in [1.807, 2.05) is 0 Å². The van der Waals surface area contributed by atoms with Crippen molar-refractivity contribution < 1.29 is 0 Å². The van der Waals surface area contributed by atoms with Gasteiger partial charge in [0.15, 0.2) is 5.96 Å². The van der Waals surface area contributed by atoms with Gasteiger partial charge in [0.1, 0.15) is 0 Å². The first-order valence-electron chi connectivity index (χ1n) is 10.3. The highest BCUT2D eigenvalue weighted by molar-refractivity contribution is 14.0. The number of guanidine groups is 1. The van der Waals surface area contributed by atoms with Crippen molar-refractivity contribution in [1.29, 1.82) is 0 Å². The van der Waals surface area contributed by atoms with E-state index in [0.717, 1.165) is 45.6 Å². The Labute approximate surface area is 196 Å². The Morgan fingerprint density at radius 2 is 1.76 bits per heavy atom. The molecule has 1 aromatic carbocycles. The summed E-state index contributed by atoms with van der Waals surface area (Å²) >= 11 is 1.78. The fraction of sp³-hybridized carbons (Fsp3) is 0.500. The van der Waals surface area contributed by atoms with Gasteiger partial charge in [-0.1, -0.05) is 36.4 Å². The van der Waals surface area contributed by atoms with Crippen molar-refractivity contribution in [2.45, 2.75) is 25.8 Å². The Morgan fingerprint density at radius 3 is 2.48 bits per heavy atom. The molecule has 0 amide bonds. The SMILES string of the molecule is I.NC(=NCCCCN1CCN(Cc2ccccc2)CC1)NCCc1cccs1. The van der Waals surface area contributed by atoms with Gasteiger partial charge in [-0.05, 0) is 42.8 Å². The summed E-state index contributed by atoms with van der Waals surface area (Å²) in [7, 11) is 0. The van der Waals surface area contributed by atoms with Crippen molar-refractivity contribution in [3.05, 3.63) is 58.3 Å². The van der Waals surface area contributed by atoms with E-state index >= 15 is 0 Å². The average Bonchev–Trinajstić information content (AvgIpc) is 3.23. The molecule has 0 atom stereocenters. The lowest BCUT2D eigenvalue weighted by Crippen LogP contribution is -2.46. The Morgan fingerprint density at radius 1 is 1.00 bits per heavy atom. The van der Waals surface area contributed by atoms with Gasteiger partial charge >= 0.3 is 0 Å². The minimum absolute atomic E-state index is 0. The second-order valence-corrected chi connectivity index (χ2v) is 8.37. The third kappa shape index (κ3) is 9.46. The first-order valence-corrected chi connectivity index (χ1v) is 11.2. The van der Waals surface area contributed by atoms with Crippen molar-refractivity contribution in [2.75, 3.05) is 45.8 Å². The zero-order chi connectivity index (χ0) is 19.4. The topological polar surface area (TPSA) is 56.9 Å². The molecule has 0 spiro atoms. The highest BCUT2D eigenvalue weighted by Crippen LogP contribution is 2.09. The summed E-state index contributed by atoms with van der Waals surface area (Å²) in [5, 5.41) is 5.31. The highest BCUT2D eigenvalue weighted by Gasteiger charge is 2.16. The van der Waals surface area contributed by atoms with Gasteiger partial charge in [-0.3, -0.25) is 9.89 Å². The quantitative estimate of drug-likeness (QED) is 0.215. The van der Waals surface area contributed by atoms with Crippen molar-refractivity contribution in [3.63, 3.8) is 0 Å². The molecule has 7 heteroatoms. The van der Waals surface area contributed by atoms with E-state index < -0.39 is 0 Å². The molecule has 3 rings (SSSR count). The summed E-state index contributed by atoms with van der Waals surface area (Å²) in [6.07, 6.45) is 3.28. The van der Waals surface area contributed by atoms with Crippen LogP contribution in [0.3, 0.4) is 0 Å². The Bertz CT molecular complexity index is 684. The molecular weight excluding hydrogens is 493 g/mol. The Balaban J connectivity index is 0.00000300. The number of nitrogens with two attached hydrogens (primary N) is 1. The smallest absolute Gasteiger partial charge is 0.188 e. The molecular formula is C22H34IN5S. The number of piperazine rings is 1. The number of rotatable bonds is 10. The number of halogens is 1. The molecule has 0 radical (unpaired) electrons. The Hall–Kier alpha value is -1.16. The lowest BCUT2D eigenvalue weighted by molar-refractivity contribution is 0.126. The van der Waals surface area contributed by atoms with Crippen molar-refractivity contribution in [3.8, 4) is 0 Å². The van der Waals surface area contributed by atoms with Crippen molar-refractivity contribution in [1.82, 2.24) is 15.1 Å². The van der Waals surface area contributed by atoms with Crippen LogP contribution in [0.1, 0.15) is 23.3 Å². The fourth-order valence-corrected chi connectivity index (χ4v) is 4.19. The summed E-state index contributed by atoms with van der Waals surface area (Å²) in [5.41, 5.74) is 7.36. The zero-order valence-corrected chi connectivity index (χ0v) is 20.3. The summed E-state index contributed by atoms with van der Waals surface area (Å²) in [5.74, 6) is 0.575. The van der Waals surface area contributed by atoms with Crippen LogP contribution in [0.4, 0.5) is 0 Å². The normalized spacial score (nSPS) is 15.8. The van der Waals surface area contributed by atoms with Gasteiger partial charge in [0.25, 0.3) is 0 Å². The van der Waals surface area contributed by atoms with Gasteiger partial charge in [0, 0.05) is 50.7 Å². The first-order chi connectivity index (χ1) is 13.8. The number of hydrogen-bond donors (Lipinski definition) is 2. The van der Waals surface area contributed by atoms with Crippen molar-refractivity contribution >= 4 is 41.3 Å². The van der Waals surface area contributed by atoms with E-state index in [0.29, 0.717) is 5.96 Å². The molecule has 1 aromatic heterocycles. The summed E-state index contributed by atoms with van der Waals surface area (Å²) in [4.78, 5) is 11.0. The molecule has 2 aromatic rings. The van der Waals surface area contributed by atoms with Gasteiger partial charge in [0.05, 0.1) is 0 Å². The van der Waals surface area contributed by atoms with Crippen molar-refractivity contribution in [2.24, 2.45) is 10.7 Å². The molecule has 160 valence electrons. The van der Waals surface area contributed by atoms with Gasteiger partial charge in [0.2, 0.25) is 0 Å². The summed E-state index contributed by atoms with van der Waals surface area (Å²) < 4.78 is 0. The molecule has 1 aliphatic heterocycles. The molecule has 0 unspecified atom stereocenters. The van der Waals surface area contributed by atoms with Gasteiger partial charge < -0.3 is 16.0 Å². The number of aliphatic imine (C=N–C) groups is 1. The maximum atomic E-state index is 5.94. The Kier molecular flexibility index (Phi) is 11.6.